The molecule has 0 spiro atoms. The molecule has 1 fully saturated rings. The maximum Gasteiger partial charge on any atom is 0.230 e. The molecule has 1 atom stereocenters. The summed E-state index contributed by atoms with van der Waals surface area (Å²) in [7, 11) is 0. The zero-order valence-corrected chi connectivity index (χ0v) is 11.7. The molecule has 2 nitrogen and oxygen atoms in total. The van der Waals surface area contributed by atoms with Crippen LogP contribution in [-0.2, 0) is 4.79 Å². The highest BCUT2D eigenvalue weighted by Crippen LogP contribution is 2.36. The zero-order chi connectivity index (χ0) is 11.8. The minimum absolute atomic E-state index is 0.0199. The minimum Gasteiger partial charge on any atom is -0.293 e. The second-order valence-corrected chi connectivity index (χ2v) is 6.98. The normalized spacial score (nSPS) is 22.7. The van der Waals surface area contributed by atoms with Crippen molar-refractivity contribution in [2.24, 2.45) is 11.3 Å². The Hall–Kier alpha value is -0.0900. The predicted octanol–water partition coefficient (Wildman–Crippen LogP) is 2.92. The van der Waals surface area contributed by atoms with Crippen molar-refractivity contribution in [3.05, 3.63) is 0 Å². The second-order valence-electron chi connectivity index (χ2n) is 5.32. The van der Waals surface area contributed by atoms with Crippen molar-refractivity contribution >= 4 is 34.2 Å². The Morgan fingerprint density at radius 2 is 2.07 bits per heavy atom. The lowest BCUT2D eigenvalue weighted by atomic mass is 9.86. The molecule has 1 aliphatic heterocycles. The number of hydrogen-bond donors (Lipinski definition) is 0. The molecule has 4 heteroatoms. The molecule has 0 aromatic carbocycles. The van der Waals surface area contributed by atoms with E-state index in [0.29, 0.717) is 0 Å². The van der Waals surface area contributed by atoms with E-state index >= 15 is 0 Å². The standard InChI is InChI=1S/C11H19NOS2/c1-7(2)9(13)12-8(11(3,4)5)6-15-10(12)14/h7-8H,6H2,1-5H3/t8-/m1/s1. The summed E-state index contributed by atoms with van der Waals surface area (Å²) in [5.74, 6) is 1.11. The van der Waals surface area contributed by atoms with E-state index in [9.17, 15) is 4.79 Å². The van der Waals surface area contributed by atoms with Crippen LogP contribution in [-0.4, -0.2) is 26.9 Å². The summed E-state index contributed by atoms with van der Waals surface area (Å²) in [4.78, 5) is 13.9. The van der Waals surface area contributed by atoms with Crippen LogP contribution >= 0.6 is 24.0 Å². The summed E-state index contributed by atoms with van der Waals surface area (Å²) in [6.45, 7) is 10.3. The quantitative estimate of drug-likeness (QED) is 0.663. The van der Waals surface area contributed by atoms with E-state index < -0.39 is 0 Å². The number of rotatable bonds is 1. The van der Waals surface area contributed by atoms with Crippen LogP contribution < -0.4 is 0 Å². The summed E-state index contributed by atoms with van der Waals surface area (Å²) >= 11 is 6.87. The number of carbonyl (C=O) groups excluding carboxylic acids is 1. The number of thiocarbonyl (C=S) groups is 1. The molecular weight excluding hydrogens is 226 g/mol. The Bertz CT molecular complexity index is 281. The Kier molecular flexibility index (Phi) is 3.82. The molecule has 0 saturated carbocycles. The fraction of sp³-hybridized carbons (Fsp3) is 0.818. The zero-order valence-electron chi connectivity index (χ0n) is 10.0. The van der Waals surface area contributed by atoms with Gasteiger partial charge in [0.05, 0.1) is 6.04 Å². The van der Waals surface area contributed by atoms with Gasteiger partial charge in [-0.05, 0) is 5.41 Å². The lowest BCUT2D eigenvalue weighted by molar-refractivity contribution is -0.132. The van der Waals surface area contributed by atoms with Crippen molar-refractivity contribution in [3.8, 4) is 0 Å². The lowest BCUT2D eigenvalue weighted by Crippen LogP contribution is -2.47. The summed E-state index contributed by atoms with van der Waals surface area (Å²) in [5, 5.41) is 0. The third kappa shape index (κ3) is 2.72. The minimum atomic E-state index is 0.0199. The average molecular weight is 245 g/mol. The van der Waals surface area contributed by atoms with Gasteiger partial charge >= 0.3 is 0 Å². The molecular formula is C11H19NOS2. The molecule has 0 unspecified atom stereocenters. The van der Waals surface area contributed by atoms with Crippen LogP contribution in [0.25, 0.3) is 0 Å². The summed E-state index contributed by atoms with van der Waals surface area (Å²) < 4.78 is 0.744. The van der Waals surface area contributed by atoms with E-state index in [1.54, 1.807) is 11.8 Å². The molecule has 86 valence electrons. The Morgan fingerprint density at radius 3 is 2.47 bits per heavy atom. The first-order valence-electron chi connectivity index (χ1n) is 5.25. The van der Waals surface area contributed by atoms with Crippen molar-refractivity contribution < 1.29 is 4.79 Å². The van der Waals surface area contributed by atoms with Crippen LogP contribution in [0.4, 0.5) is 0 Å². The predicted molar refractivity (Wildman–Crippen MR) is 70.0 cm³/mol. The van der Waals surface area contributed by atoms with Crippen molar-refractivity contribution in [3.63, 3.8) is 0 Å². The van der Waals surface area contributed by atoms with Gasteiger partial charge in [-0.2, -0.15) is 0 Å². The van der Waals surface area contributed by atoms with E-state index in [2.05, 4.69) is 20.8 Å². The number of amides is 1. The van der Waals surface area contributed by atoms with Gasteiger partial charge in [-0.1, -0.05) is 58.6 Å². The Morgan fingerprint density at radius 1 is 1.53 bits per heavy atom. The monoisotopic (exact) mass is 245 g/mol. The number of carbonyl (C=O) groups is 1. The molecule has 0 aliphatic carbocycles. The molecule has 1 amide bonds. The van der Waals surface area contributed by atoms with Crippen LogP contribution in [0, 0.1) is 11.3 Å². The molecule has 15 heavy (non-hydrogen) atoms. The van der Waals surface area contributed by atoms with Crippen molar-refractivity contribution in [2.45, 2.75) is 40.7 Å². The molecule has 1 heterocycles. The Labute approximate surface area is 102 Å². The van der Waals surface area contributed by atoms with Gasteiger partial charge in [0, 0.05) is 11.7 Å². The van der Waals surface area contributed by atoms with Gasteiger partial charge in [0.2, 0.25) is 5.91 Å². The topological polar surface area (TPSA) is 20.3 Å². The first kappa shape index (κ1) is 13.0. The maximum atomic E-state index is 12.0. The Balaban J connectivity index is 2.92. The number of hydrogen-bond acceptors (Lipinski definition) is 3. The third-order valence-electron chi connectivity index (χ3n) is 2.60. The lowest BCUT2D eigenvalue weighted by Gasteiger charge is -2.34. The molecule has 1 aliphatic rings. The second kappa shape index (κ2) is 4.42. The van der Waals surface area contributed by atoms with Gasteiger partial charge < -0.3 is 0 Å². The molecule has 0 bridgehead atoms. The largest absolute Gasteiger partial charge is 0.293 e. The third-order valence-corrected chi connectivity index (χ3v) is 4.08. The highest BCUT2D eigenvalue weighted by molar-refractivity contribution is 8.23. The smallest absolute Gasteiger partial charge is 0.230 e. The average Bonchev–Trinajstić information content (AvgIpc) is 2.44. The molecule has 1 rings (SSSR count). The fourth-order valence-electron chi connectivity index (χ4n) is 1.58. The van der Waals surface area contributed by atoms with Gasteiger partial charge in [-0.3, -0.25) is 9.69 Å². The van der Waals surface area contributed by atoms with Crippen molar-refractivity contribution in [2.75, 3.05) is 5.75 Å². The van der Waals surface area contributed by atoms with Gasteiger partial charge in [0.15, 0.2) is 0 Å². The SMILES string of the molecule is CC(C)C(=O)N1C(=S)SC[C@@H]1C(C)(C)C. The fourth-order valence-corrected chi connectivity index (χ4v) is 3.31. The van der Waals surface area contributed by atoms with E-state index in [1.807, 2.05) is 18.7 Å². The van der Waals surface area contributed by atoms with E-state index in [4.69, 9.17) is 12.2 Å². The first-order chi connectivity index (χ1) is 6.75. The summed E-state index contributed by atoms with van der Waals surface area (Å²) in [5.41, 5.74) is 0.0953. The number of thioether (sulfide) groups is 1. The number of nitrogens with zero attached hydrogens (tertiary/aromatic N) is 1. The highest BCUT2D eigenvalue weighted by atomic mass is 32.2. The van der Waals surface area contributed by atoms with E-state index in [0.717, 1.165) is 10.1 Å². The van der Waals surface area contributed by atoms with Gasteiger partial charge in [0.1, 0.15) is 4.32 Å². The van der Waals surface area contributed by atoms with Crippen LogP contribution in [0.3, 0.4) is 0 Å². The van der Waals surface area contributed by atoms with Crippen LogP contribution in [0.15, 0.2) is 0 Å². The first-order valence-corrected chi connectivity index (χ1v) is 6.64. The van der Waals surface area contributed by atoms with Crippen molar-refractivity contribution in [1.29, 1.82) is 0 Å². The van der Waals surface area contributed by atoms with Gasteiger partial charge in [-0.15, -0.1) is 0 Å². The van der Waals surface area contributed by atoms with Gasteiger partial charge in [0.25, 0.3) is 0 Å². The van der Waals surface area contributed by atoms with E-state index in [-0.39, 0.29) is 23.3 Å². The van der Waals surface area contributed by atoms with E-state index in [1.165, 1.54) is 0 Å². The summed E-state index contributed by atoms with van der Waals surface area (Å²) in [6, 6.07) is 0.241. The molecule has 0 aromatic heterocycles. The van der Waals surface area contributed by atoms with Crippen LogP contribution in [0.1, 0.15) is 34.6 Å². The summed E-state index contributed by atoms with van der Waals surface area (Å²) in [6.07, 6.45) is 0. The highest BCUT2D eigenvalue weighted by Gasteiger charge is 2.41. The molecule has 0 N–H and O–H groups in total. The molecule has 0 aromatic rings. The van der Waals surface area contributed by atoms with Gasteiger partial charge in [-0.25, -0.2) is 0 Å². The molecule has 1 saturated heterocycles. The van der Waals surface area contributed by atoms with Crippen molar-refractivity contribution in [1.82, 2.24) is 4.90 Å². The maximum absolute atomic E-state index is 12.0. The van der Waals surface area contributed by atoms with Crippen LogP contribution in [0.5, 0.6) is 0 Å². The molecule has 0 radical (unpaired) electrons. The van der Waals surface area contributed by atoms with Crippen LogP contribution in [0.2, 0.25) is 0 Å².